The molecule has 0 amide bonds. The minimum Gasteiger partial charge on any atom is -0.508 e. The third kappa shape index (κ3) is 1.03. The molecule has 2 nitrogen and oxygen atoms in total. The first kappa shape index (κ1) is 6.16. The Morgan fingerprint density at radius 1 is 1.27 bits per heavy atom. The van der Waals surface area contributed by atoms with Gasteiger partial charge in [0.2, 0.25) is 6.20 Å². The highest BCUT2D eigenvalue weighted by Crippen LogP contribution is 1.97. The summed E-state index contributed by atoms with van der Waals surface area (Å²) < 4.78 is 0. The Hall–Kier alpha value is -1.57. The van der Waals surface area contributed by atoms with Crippen LogP contribution in [0.3, 0.4) is 0 Å². The zero-order valence-corrected chi connectivity index (χ0v) is 5.86. The number of allylic oxidation sites excluding steroid dienone is 1. The van der Waals surface area contributed by atoms with Gasteiger partial charge in [-0.3, -0.25) is 0 Å². The molecule has 2 heteroatoms. The second-order valence-electron chi connectivity index (χ2n) is 2.38. The molecule has 53 valence electrons. The zero-order chi connectivity index (χ0) is 7.68. The minimum absolute atomic E-state index is 0.260. The highest BCUT2D eigenvalue weighted by molar-refractivity contribution is 5.39. The van der Waals surface area contributed by atoms with Crippen LogP contribution in [0.25, 0.3) is 6.08 Å². The molecule has 1 aliphatic rings. The predicted molar refractivity (Wildman–Crippen MR) is 42.2 cm³/mol. The van der Waals surface area contributed by atoms with E-state index in [1.807, 2.05) is 18.2 Å². The minimum atomic E-state index is 0.260. The van der Waals surface area contributed by atoms with Crippen molar-refractivity contribution in [2.45, 2.75) is 0 Å². The maximum Gasteiger partial charge on any atom is 0.288 e. The van der Waals surface area contributed by atoms with Gasteiger partial charge >= 0.3 is 0 Å². The average Bonchev–Trinajstić information content (AvgIpc) is 2.04. The van der Waals surface area contributed by atoms with E-state index < -0.39 is 0 Å². The van der Waals surface area contributed by atoms with Gasteiger partial charge in [-0.1, -0.05) is 0 Å². The number of phenolic OH excluding ortho intramolecular Hbond substituents is 1. The van der Waals surface area contributed by atoms with Gasteiger partial charge in [-0.2, -0.15) is 0 Å². The van der Waals surface area contributed by atoms with Gasteiger partial charge in [0.1, 0.15) is 5.75 Å². The zero-order valence-electron chi connectivity index (χ0n) is 5.86. The lowest BCUT2D eigenvalue weighted by molar-refractivity contribution is 0.474. The Balaban J connectivity index is 2.86. The first-order valence-electron chi connectivity index (χ1n) is 3.40. The summed E-state index contributed by atoms with van der Waals surface area (Å²) in [7, 11) is 0. The number of rotatable bonds is 0. The number of aromatic hydroxyl groups is 1. The number of benzene rings is 1. The molecular formula is C9H7NO+. The summed E-state index contributed by atoms with van der Waals surface area (Å²) in [6.07, 6.45) is 5.54. The maximum atomic E-state index is 9.09. The summed E-state index contributed by atoms with van der Waals surface area (Å²) in [4.78, 5) is 4.08. The van der Waals surface area contributed by atoms with Gasteiger partial charge < -0.3 is 5.11 Å². The standard InChI is InChI=1S/C9H7NO/c11-8-4-3-7-2-1-5-10-9(7)6-8/h1-6,11H/q+1. The van der Waals surface area contributed by atoms with Crippen molar-refractivity contribution in [1.29, 1.82) is 0 Å². The van der Waals surface area contributed by atoms with Crippen molar-refractivity contribution in [3.8, 4) is 5.75 Å². The smallest absolute Gasteiger partial charge is 0.288 e. The van der Waals surface area contributed by atoms with Crippen molar-refractivity contribution >= 4 is 6.08 Å². The Morgan fingerprint density at radius 3 is 3.09 bits per heavy atom. The van der Waals surface area contributed by atoms with E-state index >= 15 is 0 Å². The first-order chi connectivity index (χ1) is 5.36. The lowest BCUT2D eigenvalue weighted by Gasteiger charge is -1.86. The Kier molecular flexibility index (Phi) is 1.25. The molecule has 0 atom stereocenters. The molecule has 1 aliphatic heterocycles. The van der Waals surface area contributed by atoms with E-state index in [4.69, 9.17) is 5.11 Å². The maximum absolute atomic E-state index is 9.09. The number of fused-ring (bicyclic) bond motifs is 1. The molecule has 0 saturated carbocycles. The molecule has 2 rings (SSSR count). The molecule has 11 heavy (non-hydrogen) atoms. The van der Waals surface area contributed by atoms with Crippen LogP contribution < -0.4 is 15.6 Å². The predicted octanol–water partition coefficient (Wildman–Crippen LogP) is -0.345. The fourth-order valence-corrected chi connectivity index (χ4v) is 1.05. The van der Waals surface area contributed by atoms with Crippen LogP contribution in [0.1, 0.15) is 0 Å². The lowest BCUT2D eigenvalue weighted by Crippen LogP contribution is -2.29. The molecule has 1 heterocycles. The van der Waals surface area contributed by atoms with Gasteiger partial charge in [-0.15, -0.1) is 0 Å². The van der Waals surface area contributed by atoms with Gasteiger partial charge in [-0.25, -0.2) is 0 Å². The van der Waals surface area contributed by atoms with Gasteiger partial charge in [0.25, 0.3) is 5.36 Å². The molecule has 0 unspecified atom stereocenters. The van der Waals surface area contributed by atoms with Crippen LogP contribution in [0.2, 0.25) is 0 Å². The van der Waals surface area contributed by atoms with Crippen LogP contribution in [0.5, 0.6) is 5.75 Å². The van der Waals surface area contributed by atoms with Gasteiger partial charge in [0.15, 0.2) is 0 Å². The molecule has 0 spiro atoms. The van der Waals surface area contributed by atoms with Crippen molar-refractivity contribution in [1.82, 2.24) is 4.99 Å². The normalized spacial score (nSPS) is 13.1. The molecule has 1 radical (unpaired) electrons. The van der Waals surface area contributed by atoms with Crippen LogP contribution in [0.15, 0.2) is 30.5 Å². The van der Waals surface area contributed by atoms with Crippen molar-refractivity contribution in [2.24, 2.45) is 0 Å². The van der Waals surface area contributed by atoms with Crippen molar-refractivity contribution in [2.75, 3.05) is 0 Å². The number of hydrogen-bond donors (Lipinski definition) is 1. The molecule has 0 saturated heterocycles. The summed E-state index contributed by atoms with van der Waals surface area (Å²) in [6, 6.07) is 5.15. The monoisotopic (exact) mass is 145 g/mol. The molecule has 0 aliphatic carbocycles. The van der Waals surface area contributed by atoms with Crippen LogP contribution >= 0.6 is 0 Å². The third-order valence-corrected chi connectivity index (χ3v) is 1.59. The van der Waals surface area contributed by atoms with E-state index in [1.54, 1.807) is 18.3 Å². The number of hydrogen-bond acceptors (Lipinski definition) is 2. The lowest BCUT2D eigenvalue weighted by atomic mass is 10.2. The van der Waals surface area contributed by atoms with Crippen molar-refractivity contribution < 1.29 is 5.11 Å². The van der Waals surface area contributed by atoms with Crippen LogP contribution in [-0.2, 0) is 0 Å². The van der Waals surface area contributed by atoms with E-state index in [2.05, 4.69) is 4.99 Å². The summed E-state index contributed by atoms with van der Waals surface area (Å²) in [5, 5.41) is 11.0. The molecular weight excluding hydrogens is 138 g/mol. The van der Waals surface area contributed by atoms with E-state index in [-0.39, 0.29) is 5.75 Å². The quantitative estimate of drug-likeness (QED) is 0.532. The third-order valence-electron chi connectivity index (χ3n) is 1.59. The molecule has 1 N–H and O–H groups in total. The Bertz CT molecular complexity index is 418. The average molecular weight is 145 g/mol. The number of nitrogens with zero attached hydrogens (tertiary/aromatic N) is 1. The fourth-order valence-electron chi connectivity index (χ4n) is 1.05. The van der Waals surface area contributed by atoms with E-state index in [9.17, 15) is 0 Å². The topological polar surface area (TPSA) is 34.3 Å². The van der Waals surface area contributed by atoms with Gasteiger partial charge in [0.05, 0.1) is 16.3 Å². The molecule has 0 aromatic heterocycles. The second-order valence-corrected chi connectivity index (χ2v) is 2.38. The summed E-state index contributed by atoms with van der Waals surface area (Å²) >= 11 is 0. The largest absolute Gasteiger partial charge is 0.508 e. The summed E-state index contributed by atoms with van der Waals surface area (Å²) in [5.41, 5.74) is 0. The molecule has 0 fully saturated rings. The Morgan fingerprint density at radius 2 is 2.18 bits per heavy atom. The first-order valence-corrected chi connectivity index (χ1v) is 3.40. The molecule has 0 bridgehead atoms. The molecule has 1 aromatic carbocycles. The highest BCUT2D eigenvalue weighted by atomic mass is 16.3. The van der Waals surface area contributed by atoms with E-state index in [0.29, 0.717) is 0 Å². The van der Waals surface area contributed by atoms with E-state index in [1.165, 1.54) is 0 Å². The van der Waals surface area contributed by atoms with Crippen LogP contribution in [0.4, 0.5) is 0 Å². The summed E-state index contributed by atoms with van der Waals surface area (Å²) in [6.45, 7) is 0. The van der Waals surface area contributed by atoms with E-state index in [0.717, 1.165) is 10.6 Å². The van der Waals surface area contributed by atoms with Crippen molar-refractivity contribution in [3.05, 3.63) is 41.1 Å². The molecule has 1 aromatic rings. The number of phenols is 1. The second kappa shape index (κ2) is 2.23. The fraction of sp³-hybridized carbons (Fsp3) is 0. The summed E-state index contributed by atoms with van der Waals surface area (Å²) in [5.74, 6) is 0.260. The SMILES string of the molecule is Oc1ccc2c(c1)=[N+]C=CC=2. The van der Waals surface area contributed by atoms with Crippen LogP contribution in [-0.4, -0.2) is 5.11 Å². The van der Waals surface area contributed by atoms with Gasteiger partial charge in [0, 0.05) is 6.08 Å². The van der Waals surface area contributed by atoms with Crippen molar-refractivity contribution in [3.63, 3.8) is 0 Å². The Labute approximate surface area is 63.8 Å². The van der Waals surface area contributed by atoms with Crippen LogP contribution in [0, 0.1) is 0 Å². The van der Waals surface area contributed by atoms with Gasteiger partial charge in [-0.05, 0) is 18.2 Å². The highest BCUT2D eigenvalue weighted by Gasteiger charge is 2.00.